The highest BCUT2D eigenvalue weighted by atomic mass is 16.5. The topological polar surface area (TPSA) is 21.3 Å². The zero-order valence-electron chi connectivity index (χ0n) is 11.2. The Labute approximate surface area is 110 Å². The Morgan fingerprint density at radius 3 is 2.28 bits per heavy atom. The van der Waals surface area contributed by atoms with Gasteiger partial charge in [-0.2, -0.15) is 0 Å². The van der Waals surface area contributed by atoms with E-state index in [0.29, 0.717) is 12.1 Å². The minimum Gasteiger partial charge on any atom is -0.490 e. The summed E-state index contributed by atoms with van der Waals surface area (Å²) < 4.78 is 5.80. The van der Waals surface area contributed by atoms with E-state index >= 15 is 0 Å². The zero-order valence-corrected chi connectivity index (χ0v) is 11.2. The monoisotopic (exact) mass is 245 g/mol. The van der Waals surface area contributed by atoms with Crippen LogP contribution in [0.2, 0.25) is 0 Å². The molecule has 2 nitrogen and oxygen atoms in total. The first kappa shape index (κ1) is 12.0. The molecule has 3 rings (SSSR count). The molecule has 2 fully saturated rings. The molecule has 0 aliphatic heterocycles. The second-order valence-corrected chi connectivity index (χ2v) is 5.70. The van der Waals surface area contributed by atoms with E-state index in [1.54, 1.807) is 0 Å². The summed E-state index contributed by atoms with van der Waals surface area (Å²) in [5, 5.41) is 3.49. The van der Waals surface area contributed by atoms with Gasteiger partial charge in [-0.05, 0) is 56.3 Å². The van der Waals surface area contributed by atoms with Gasteiger partial charge in [0.1, 0.15) is 5.75 Å². The summed E-state index contributed by atoms with van der Waals surface area (Å²) in [6.45, 7) is 0. The first-order valence-electron chi connectivity index (χ1n) is 7.30. The lowest BCUT2D eigenvalue weighted by Gasteiger charge is -2.23. The van der Waals surface area contributed by atoms with Crippen molar-refractivity contribution in [2.75, 3.05) is 7.05 Å². The van der Waals surface area contributed by atoms with E-state index < -0.39 is 0 Å². The molecule has 1 atom stereocenters. The maximum atomic E-state index is 5.80. The van der Waals surface area contributed by atoms with E-state index in [-0.39, 0.29) is 0 Å². The standard InChI is InChI=1S/C16H23NO/c1-17-16(12-4-2-3-5-12)13-6-8-14(9-7-13)18-15-10-11-15/h6-9,12,15-17H,2-5,10-11H2,1H3. The summed E-state index contributed by atoms with van der Waals surface area (Å²) in [7, 11) is 2.08. The maximum absolute atomic E-state index is 5.80. The fourth-order valence-corrected chi connectivity index (χ4v) is 3.10. The Kier molecular flexibility index (Phi) is 3.55. The maximum Gasteiger partial charge on any atom is 0.119 e. The van der Waals surface area contributed by atoms with E-state index in [1.165, 1.54) is 44.1 Å². The molecular weight excluding hydrogens is 222 g/mol. The predicted molar refractivity (Wildman–Crippen MR) is 73.9 cm³/mol. The number of ether oxygens (including phenoxy) is 1. The van der Waals surface area contributed by atoms with Crippen LogP contribution in [0.1, 0.15) is 50.1 Å². The van der Waals surface area contributed by atoms with E-state index in [0.717, 1.165) is 11.7 Å². The predicted octanol–water partition coefficient (Wildman–Crippen LogP) is 3.68. The van der Waals surface area contributed by atoms with Crippen molar-refractivity contribution in [2.45, 2.75) is 50.7 Å². The van der Waals surface area contributed by atoms with Crippen molar-refractivity contribution < 1.29 is 4.74 Å². The lowest BCUT2D eigenvalue weighted by molar-refractivity contribution is 0.303. The summed E-state index contributed by atoms with van der Waals surface area (Å²) in [5.41, 5.74) is 1.41. The fourth-order valence-electron chi connectivity index (χ4n) is 3.10. The highest BCUT2D eigenvalue weighted by Gasteiger charge is 2.26. The number of nitrogens with one attached hydrogen (secondary N) is 1. The third-order valence-corrected chi connectivity index (χ3v) is 4.25. The Morgan fingerprint density at radius 1 is 1.06 bits per heavy atom. The largest absolute Gasteiger partial charge is 0.490 e. The average Bonchev–Trinajstić information content (AvgIpc) is 3.05. The molecule has 0 saturated heterocycles. The first-order chi connectivity index (χ1) is 8.86. The van der Waals surface area contributed by atoms with Gasteiger partial charge in [0.2, 0.25) is 0 Å². The van der Waals surface area contributed by atoms with E-state index in [4.69, 9.17) is 4.74 Å². The van der Waals surface area contributed by atoms with E-state index in [1.807, 2.05) is 0 Å². The van der Waals surface area contributed by atoms with Crippen LogP contribution in [0.4, 0.5) is 0 Å². The summed E-state index contributed by atoms with van der Waals surface area (Å²) in [5.74, 6) is 1.84. The van der Waals surface area contributed by atoms with E-state index in [9.17, 15) is 0 Å². The van der Waals surface area contributed by atoms with Gasteiger partial charge < -0.3 is 10.1 Å². The molecule has 98 valence electrons. The van der Waals surface area contributed by atoms with Crippen LogP contribution in [0, 0.1) is 5.92 Å². The minimum atomic E-state index is 0.491. The van der Waals surface area contributed by atoms with Gasteiger partial charge in [-0.15, -0.1) is 0 Å². The molecule has 0 amide bonds. The lowest BCUT2D eigenvalue weighted by atomic mass is 9.92. The van der Waals surface area contributed by atoms with Crippen molar-refractivity contribution in [2.24, 2.45) is 5.92 Å². The number of rotatable bonds is 5. The van der Waals surface area contributed by atoms with Gasteiger partial charge in [0.05, 0.1) is 6.10 Å². The Bertz CT molecular complexity index is 377. The van der Waals surface area contributed by atoms with Gasteiger partial charge in [-0.1, -0.05) is 25.0 Å². The molecule has 0 bridgehead atoms. The third kappa shape index (κ3) is 2.69. The molecule has 2 aliphatic rings. The summed E-state index contributed by atoms with van der Waals surface area (Å²) in [6, 6.07) is 9.25. The van der Waals surface area contributed by atoms with E-state index in [2.05, 4.69) is 36.6 Å². The molecule has 2 aliphatic carbocycles. The highest BCUT2D eigenvalue weighted by molar-refractivity contribution is 5.30. The Hall–Kier alpha value is -1.02. The van der Waals surface area contributed by atoms with Crippen LogP contribution < -0.4 is 10.1 Å². The van der Waals surface area contributed by atoms with Crippen LogP contribution in [0.5, 0.6) is 5.75 Å². The van der Waals surface area contributed by atoms with Crippen LogP contribution in [0.25, 0.3) is 0 Å². The van der Waals surface area contributed by atoms with Crippen molar-refractivity contribution in [3.63, 3.8) is 0 Å². The average molecular weight is 245 g/mol. The molecule has 0 aromatic heterocycles. The molecule has 0 spiro atoms. The van der Waals surface area contributed by atoms with Gasteiger partial charge in [0, 0.05) is 6.04 Å². The fraction of sp³-hybridized carbons (Fsp3) is 0.625. The summed E-state index contributed by atoms with van der Waals surface area (Å²) in [6.07, 6.45) is 8.46. The van der Waals surface area contributed by atoms with Crippen molar-refractivity contribution >= 4 is 0 Å². The van der Waals surface area contributed by atoms with Crippen molar-refractivity contribution in [1.82, 2.24) is 5.32 Å². The SMILES string of the molecule is CNC(c1ccc(OC2CC2)cc1)C1CCCC1. The second kappa shape index (κ2) is 5.31. The normalized spacial score (nSPS) is 22.1. The smallest absolute Gasteiger partial charge is 0.119 e. The molecule has 1 aromatic carbocycles. The molecule has 1 N–H and O–H groups in total. The molecule has 2 heteroatoms. The van der Waals surface area contributed by atoms with Crippen LogP contribution >= 0.6 is 0 Å². The molecule has 1 unspecified atom stereocenters. The third-order valence-electron chi connectivity index (χ3n) is 4.25. The van der Waals surface area contributed by atoms with Gasteiger partial charge in [-0.25, -0.2) is 0 Å². The van der Waals surface area contributed by atoms with Crippen molar-refractivity contribution in [3.8, 4) is 5.75 Å². The second-order valence-electron chi connectivity index (χ2n) is 5.70. The molecule has 18 heavy (non-hydrogen) atoms. The van der Waals surface area contributed by atoms with Gasteiger partial charge >= 0.3 is 0 Å². The van der Waals surface area contributed by atoms with Gasteiger partial charge in [0.25, 0.3) is 0 Å². The number of hydrogen-bond donors (Lipinski definition) is 1. The molecular formula is C16H23NO. The summed E-state index contributed by atoms with van der Waals surface area (Å²) in [4.78, 5) is 0. The van der Waals surface area contributed by atoms with Crippen LogP contribution in [0.15, 0.2) is 24.3 Å². The molecule has 0 heterocycles. The molecule has 0 radical (unpaired) electrons. The molecule has 1 aromatic rings. The van der Waals surface area contributed by atoms with Gasteiger partial charge in [-0.3, -0.25) is 0 Å². The highest BCUT2D eigenvalue weighted by Crippen LogP contribution is 2.36. The quantitative estimate of drug-likeness (QED) is 0.854. The van der Waals surface area contributed by atoms with Crippen molar-refractivity contribution in [1.29, 1.82) is 0 Å². The van der Waals surface area contributed by atoms with Crippen LogP contribution in [0.3, 0.4) is 0 Å². The summed E-state index contributed by atoms with van der Waals surface area (Å²) >= 11 is 0. The van der Waals surface area contributed by atoms with Crippen LogP contribution in [-0.4, -0.2) is 13.2 Å². The van der Waals surface area contributed by atoms with Crippen LogP contribution in [-0.2, 0) is 0 Å². The Morgan fingerprint density at radius 2 is 1.72 bits per heavy atom. The number of hydrogen-bond acceptors (Lipinski definition) is 2. The zero-order chi connectivity index (χ0) is 12.4. The van der Waals surface area contributed by atoms with Crippen molar-refractivity contribution in [3.05, 3.63) is 29.8 Å². The first-order valence-corrected chi connectivity index (χ1v) is 7.30. The molecule has 2 saturated carbocycles. The Balaban J connectivity index is 1.68. The number of benzene rings is 1. The van der Waals surface area contributed by atoms with Gasteiger partial charge in [0.15, 0.2) is 0 Å². The minimum absolute atomic E-state index is 0.491. The lowest BCUT2D eigenvalue weighted by Crippen LogP contribution is -2.23.